The van der Waals surface area contributed by atoms with Crippen molar-refractivity contribution in [2.24, 2.45) is 18.7 Å². The lowest BCUT2D eigenvalue weighted by Crippen LogP contribution is -2.30. The molecule has 0 bridgehead atoms. The summed E-state index contributed by atoms with van der Waals surface area (Å²) < 4.78 is 3.96. The van der Waals surface area contributed by atoms with Crippen molar-refractivity contribution < 1.29 is 4.79 Å². The van der Waals surface area contributed by atoms with E-state index in [9.17, 15) is 4.79 Å². The molecule has 0 fully saturated rings. The van der Waals surface area contributed by atoms with Crippen LogP contribution in [-0.2, 0) is 26.6 Å². The zero-order valence-electron chi connectivity index (χ0n) is 14.6. The van der Waals surface area contributed by atoms with Crippen molar-refractivity contribution in [2.75, 3.05) is 6.54 Å². The molecule has 1 aliphatic heterocycles. The van der Waals surface area contributed by atoms with Gasteiger partial charge in [0.05, 0.1) is 35.0 Å². The van der Waals surface area contributed by atoms with Crippen molar-refractivity contribution in [2.45, 2.75) is 25.9 Å². The third kappa shape index (κ3) is 3.08. The van der Waals surface area contributed by atoms with Crippen LogP contribution >= 0.6 is 11.6 Å². The molecule has 0 spiro atoms. The summed E-state index contributed by atoms with van der Waals surface area (Å²) in [5.74, 6) is 1.01. The fourth-order valence-electron chi connectivity index (χ4n) is 3.64. The summed E-state index contributed by atoms with van der Waals surface area (Å²) >= 11 is 6.08. The SMILES string of the molecule is Cn1c(CNCC2CCn3ncc(C(N)=O)c3C2)nc2ccc(Cl)cc21. The predicted molar refractivity (Wildman–Crippen MR) is 100.0 cm³/mol. The number of imidazole rings is 1. The largest absolute Gasteiger partial charge is 0.365 e. The number of carbonyl (C=O) groups excluding carboxylic acids is 1. The second-order valence-corrected chi connectivity index (χ2v) is 7.24. The van der Waals surface area contributed by atoms with Crippen LogP contribution in [0.3, 0.4) is 0 Å². The number of hydrogen-bond donors (Lipinski definition) is 2. The Morgan fingerprint density at radius 1 is 1.46 bits per heavy atom. The second-order valence-electron chi connectivity index (χ2n) is 6.80. The van der Waals surface area contributed by atoms with Gasteiger partial charge in [-0.05, 0) is 43.5 Å². The van der Waals surface area contributed by atoms with Crippen LogP contribution in [0.25, 0.3) is 11.0 Å². The van der Waals surface area contributed by atoms with Crippen molar-refractivity contribution >= 4 is 28.5 Å². The van der Waals surface area contributed by atoms with Crippen LogP contribution in [-0.4, -0.2) is 31.8 Å². The summed E-state index contributed by atoms with van der Waals surface area (Å²) in [6.45, 7) is 2.36. The van der Waals surface area contributed by atoms with Crippen LogP contribution in [0.2, 0.25) is 5.02 Å². The molecule has 4 rings (SSSR count). The van der Waals surface area contributed by atoms with Gasteiger partial charge in [0, 0.05) is 18.6 Å². The maximum absolute atomic E-state index is 11.5. The lowest BCUT2D eigenvalue weighted by molar-refractivity contribution is 0.0998. The Kier molecular flexibility index (Phi) is 4.42. The van der Waals surface area contributed by atoms with E-state index in [4.69, 9.17) is 17.3 Å². The summed E-state index contributed by atoms with van der Waals surface area (Å²) in [6, 6.07) is 5.73. The van der Waals surface area contributed by atoms with Gasteiger partial charge in [0.15, 0.2) is 0 Å². The fourth-order valence-corrected chi connectivity index (χ4v) is 3.80. The van der Waals surface area contributed by atoms with Gasteiger partial charge in [0.1, 0.15) is 5.82 Å². The molecule has 0 aliphatic carbocycles. The minimum atomic E-state index is -0.404. The number of nitrogens with two attached hydrogens (primary N) is 1. The highest BCUT2D eigenvalue weighted by atomic mass is 35.5. The first-order valence-corrected chi connectivity index (χ1v) is 9.07. The van der Waals surface area contributed by atoms with E-state index in [1.54, 1.807) is 6.20 Å². The smallest absolute Gasteiger partial charge is 0.252 e. The first-order chi connectivity index (χ1) is 12.5. The highest BCUT2D eigenvalue weighted by Gasteiger charge is 2.24. The van der Waals surface area contributed by atoms with Crippen LogP contribution in [0.1, 0.15) is 28.3 Å². The quantitative estimate of drug-likeness (QED) is 0.715. The zero-order chi connectivity index (χ0) is 18.3. The third-order valence-corrected chi connectivity index (χ3v) is 5.33. The minimum Gasteiger partial charge on any atom is -0.365 e. The third-order valence-electron chi connectivity index (χ3n) is 5.10. The van der Waals surface area contributed by atoms with Gasteiger partial charge in [0.2, 0.25) is 0 Å². The average molecular weight is 373 g/mol. The van der Waals surface area contributed by atoms with E-state index in [0.29, 0.717) is 23.0 Å². The molecule has 1 aliphatic rings. The first-order valence-electron chi connectivity index (χ1n) is 8.69. The van der Waals surface area contributed by atoms with Gasteiger partial charge in [-0.3, -0.25) is 9.48 Å². The summed E-state index contributed by atoms with van der Waals surface area (Å²) in [5, 5.41) is 8.46. The Morgan fingerprint density at radius 2 is 2.31 bits per heavy atom. The standard InChI is InChI=1S/C18H21ClN6O/c1-24-16-7-12(19)2-3-14(16)23-17(24)10-21-8-11-4-5-25-15(6-11)13(9-22-25)18(20)26/h2-3,7,9,11,21H,4-6,8,10H2,1H3,(H2,20,26). The van der Waals surface area contributed by atoms with Crippen LogP contribution < -0.4 is 11.1 Å². The number of fused-ring (bicyclic) bond motifs is 2. The van der Waals surface area contributed by atoms with Crippen LogP contribution in [0.15, 0.2) is 24.4 Å². The molecule has 3 heterocycles. The highest BCUT2D eigenvalue weighted by Crippen LogP contribution is 2.23. The molecular formula is C18H21ClN6O. The van der Waals surface area contributed by atoms with E-state index >= 15 is 0 Å². The first kappa shape index (κ1) is 17.1. The molecule has 8 heteroatoms. The molecule has 0 saturated carbocycles. The molecule has 7 nitrogen and oxygen atoms in total. The van der Waals surface area contributed by atoms with E-state index in [1.807, 2.05) is 29.9 Å². The van der Waals surface area contributed by atoms with Crippen molar-refractivity contribution in [3.05, 3.63) is 46.5 Å². The molecular weight excluding hydrogens is 352 g/mol. The molecule has 1 amide bonds. The van der Waals surface area contributed by atoms with E-state index in [1.165, 1.54) is 0 Å². The highest BCUT2D eigenvalue weighted by molar-refractivity contribution is 6.31. The normalized spacial score (nSPS) is 16.8. The number of amides is 1. The Bertz CT molecular complexity index is 976. The number of benzene rings is 1. The molecule has 2 aromatic heterocycles. The number of halogens is 1. The number of carbonyl (C=O) groups is 1. The number of hydrogen-bond acceptors (Lipinski definition) is 4. The van der Waals surface area contributed by atoms with Crippen molar-refractivity contribution in [1.82, 2.24) is 24.6 Å². The lowest BCUT2D eigenvalue weighted by Gasteiger charge is -2.24. The number of rotatable bonds is 5. The van der Waals surface area contributed by atoms with E-state index < -0.39 is 5.91 Å². The number of aromatic nitrogens is 4. The van der Waals surface area contributed by atoms with Crippen LogP contribution in [0.5, 0.6) is 0 Å². The number of nitrogens with zero attached hydrogens (tertiary/aromatic N) is 4. The van der Waals surface area contributed by atoms with Crippen molar-refractivity contribution in [1.29, 1.82) is 0 Å². The van der Waals surface area contributed by atoms with Crippen molar-refractivity contribution in [3.8, 4) is 0 Å². The molecule has 1 atom stereocenters. The second kappa shape index (κ2) is 6.74. The Morgan fingerprint density at radius 3 is 3.12 bits per heavy atom. The van der Waals surface area contributed by atoms with Gasteiger partial charge in [-0.25, -0.2) is 4.98 Å². The van der Waals surface area contributed by atoms with E-state index in [2.05, 4.69) is 20.0 Å². The van der Waals surface area contributed by atoms with Gasteiger partial charge in [0.25, 0.3) is 5.91 Å². The molecule has 0 radical (unpaired) electrons. The number of nitrogens with one attached hydrogen (secondary N) is 1. The lowest BCUT2D eigenvalue weighted by atomic mass is 9.94. The van der Waals surface area contributed by atoms with Gasteiger partial charge in [-0.1, -0.05) is 11.6 Å². The van der Waals surface area contributed by atoms with Gasteiger partial charge >= 0.3 is 0 Å². The zero-order valence-corrected chi connectivity index (χ0v) is 15.3. The maximum Gasteiger partial charge on any atom is 0.252 e. The van der Waals surface area contributed by atoms with Gasteiger partial charge in [-0.2, -0.15) is 5.10 Å². The Hall–Kier alpha value is -2.38. The summed E-state index contributed by atoms with van der Waals surface area (Å²) in [7, 11) is 2.00. The summed E-state index contributed by atoms with van der Waals surface area (Å²) in [6.07, 6.45) is 3.42. The number of aryl methyl sites for hydroxylation is 2. The monoisotopic (exact) mass is 372 g/mol. The summed E-state index contributed by atoms with van der Waals surface area (Å²) in [4.78, 5) is 16.2. The molecule has 0 saturated heterocycles. The minimum absolute atomic E-state index is 0.404. The molecule has 26 heavy (non-hydrogen) atoms. The fraction of sp³-hybridized carbons (Fsp3) is 0.389. The molecule has 1 aromatic carbocycles. The molecule has 3 N–H and O–H groups in total. The van der Waals surface area contributed by atoms with E-state index in [-0.39, 0.29) is 0 Å². The predicted octanol–water partition coefficient (Wildman–Crippen LogP) is 1.87. The van der Waals surface area contributed by atoms with Gasteiger partial charge in [-0.15, -0.1) is 0 Å². The summed E-state index contributed by atoms with van der Waals surface area (Å²) in [5.41, 5.74) is 8.91. The molecule has 3 aromatic rings. The van der Waals surface area contributed by atoms with Gasteiger partial charge < -0.3 is 15.6 Å². The number of primary amides is 1. The van der Waals surface area contributed by atoms with Crippen molar-refractivity contribution in [3.63, 3.8) is 0 Å². The van der Waals surface area contributed by atoms with E-state index in [0.717, 1.165) is 48.5 Å². The Labute approximate surface area is 156 Å². The maximum atomic E-state index is 11.5. The Balaban J connectivity index is 1.40. The van der Waals surface area contributed by atoms with Crippen LogP contribution in [0, 0.1) is 5.92 Å². The van der Waals surface area contributed by atoms with Crippen LogP contribution in [0.4, 0.5) is 0 Å². The topological polar surface area (TPSA) is 90.8 Å². The molecule has 1 unspecified atom stereocenters. The average Bonchev–Trinajstić information content (AvgIpc) is 3.17. The molecule has 136 valence electrons.